The van der Waals surface area contributed by atoms with Crippen molar-refractivity contribution in [2.75, 3.05) is 6.61 Å². The van der Waals surface area contributed by atoms with E-state index in [9.17, 15) is 0 Å². The predicted molar refractivity (Wildman–Crippen MR) is 72.8 cm³/mol. The molecule has 2 nitrogen and oxygen atoms in total. The van der Waals surface area contributed by atoms with Crippen LogP contribution >= 0.6 is 0 Å². The van der Waals surface area contributed by atoms with Crippen LogP contribution in [0.25, 0.3) is 10.9 Å². The van der Waals surface area contributed by atoms with Crippen LogP contribution in [0.2, 0.25) is 0 Å². The van der Waals surface area contributed by atoms with Crippen LogP contribution in [0, 0.1) is 6.07 Å². The van der Waals surface area contributed by atoms with Gasteiger partial charge in [0.25, 0.3) is 0 Å². The maximum absolute atomic E-state index is 5.75. The highest BCUT2D eigenvalue weighted by Crippen LogP contribution is 2.19. The van der Waals surface area contributed by atoms with E-state index >= 15 is 0 Å². The number of rotatable bonds is 4. The lowest BCUT2D eigenvalue weighted by atomic mass is 10.2. The monoisotopic (exact) mass is 236 g/mol. The van der Waals surface area contributed by atoms with Gasteiger partial charge in [0.1, 0.15) is 5.75 Å². The smallest absolute Gasteiger partial charge is 0.120 e. The summed E-state index contributed by atoms with van der Waals surface area (Å²) in [6.45, 7) is 0.694. The number of hydrogen-bond donors (Lipinski definition) is 1. The molecule has 0 aliphatic carbocycles. The number of aromatic nitrogens is 1. The number of ether oxygens (including phenoxy) is 1. The highest BCUT2D eigenvalue weighted by molar-refractivity contribution is 5.80. The zero-order valence-electron chi connectivity index (χ0n) is 10.0. The summed E-state index contributed by atoms with van der Waals surface area (Å²) in [5.74, 6) is 0.897. The molecule has 0 fully saturated rings. The summed E-state index contributed by atoms with van der Waals surface area (Å²) in [5, 5.41) is 1.06. The van der Waals surface area contributed by atoms with Gasteiger partial charge < -0.3 is 9.72 Å². The Morgan fingerprint density at radius 1 is 1.06 bits per heavy atom. The highest BCUT2D eigenvalue weighted by Gasteiger charge is 1.98. The van der Waals surface area contributed by atoms with Gasteiger partial charge in [0.2, 0.25) is 0 Å². The third-order valence-electron chi connectivity index (χ3n) is 2.95. The first-order valence-electron chi connectivity index (χ1n) is 6.07. The molecule has 2 aromatic carbocycles. The first kappa shape index (κ1) is 10.9. The Bertz CT molecular complexity index is 628. The SMILES string of the molecule is [c]1c[nH]c2ccc(OCCc3ccccc3)cc12. The Morgan fingerprint density at radius 2 is 1.94 bits per heavy atom. The molecule has 0 unspecified atom stereocenters. The van der Waals surface area contributed by atoms with Gasteiger partial charge >= 0.3 is 0 Å². The van der Waals surface area contributed by atoms with Crippen molar-refractivity contribution < 1.29 is 4.74 Å². The van der Waals surface area contributed by atoms with E-state index in [1.807, 2.05) is 30.5 Å². The van der Waals surface area contributed by atoms with E-state index in [1.165, 1.54) is 5.56 Å². The lowest BCUT2D eigenvalue weighted by molar-refractivity contribution is 0.322. The highest BCUT2D eigenvalue weighted by atomic mass is 16.5. The van der Waals surface area contributed by atoms with E-state index < -0.39 is 0 Å². The van der Waals surface area contributed by atoms with Crippen molar-refractivity contribution in [3.8, 4) is 5.75 Å². The summed E-state index contributed by atoms with van der Waals surface area (Å²) in [6.07, 6.45) is 2.74. The summed E-state index contributed by atoms with van der Waals surface area (Å²) < 4.78 is 5.75. The zero-order valence-corrected chi connectivity index (χ0v) is 10.0. The van der Waals surface area contributed by atoms with Gasteiger partial charge in [-0.1, -0.05) is 30.3 Å². The van der Waals surface area contributed by atoms with Crippen molar-refractivity contribution in [2.45, 2.75) is 6.42 Å². The van der Waals surface area contributed by atoms with Crippen molar-refractivity contribution >= 4 is 10.9 Å². The number of H-pyrrole nitrogens is 1. The van der Waals surface area contributed by atoms with E-state index in [-0.39, 0.29) is 0 Å². The molecule has 1 aromatic heterocycles. The Hall–Kier alpha value is -2.22. The minimum absolute atomic E-state index is 0.694. The van der Waals surface area contributed by atoms with Gasteiger partial charge in [-0.15, -0.1) is 0 Å². The van der Waals surface area contributed by atoms with Gasteiger partial charge in [-0.3, -0.25) is 0 Å². The lowest BCUT2D eigenvalue weighted by Crippen LogP contribution is -2.00. The van der Waals surface area contributed by atoms with Crippen LogP contribution in [0.1, 0.15) is 5.56 Å². The van der Waals surface area contributed by atoms with Gasteiger partial charge in [0, 0.05) is 29.6 Å². The van der Waals surface area contributed by atoms with Gasteiger partial charge in [-0.25, -0.2) is 0 Å². The third-order valence-corrected chi connectivity index (χ3v) is 2.95. The minimum Gasteiger partial charge on any atom is -0.493 e. The van der Waals surface area contributed by atoms with E-state index in [0.29, 0.717) is 6.61 Å². The lowest BCUT2D eigenvalue weighted by Gasteiger charge is -2.06. The average Bonchev–Trinajstić information content (AvgIpc) is 2.87. The predicted octanol–water partition coefficient (Wildman–Crippen LogP) is 3.59. The van der Waals surface area contributed by atoms with Crippen molar-refractivity contribution in [1.82, 2.24) is 4.98 Å². The molecule has 3 aromatic rings. The van der Waals surface area contributed by atoms with Crippen LogP contribution in [0.3, 0.4) is 0 Å². The number of fused-ring (bicyclic) bond motifs is 1. The molecule has 0 saturated carbocycles. The van der Waals surface area contributed by atoms with Crippen LogP contribution in [-0.4, -0.2) is 11.6 Å². The van der Waals surface area contributed by atoms with Crippen LogP contribution in [0.4, 0.5) is 0 Å². The summed E-state index contributed by atoms with van der Waals surface area (Å²) in [7, 11) is 0. The van der Waals surface area contributed by atoms with Crippen LogP contribution < -0.4 is 4.74 Å². The molecule has 2 heteroatoms. The molecule has 89 valence electrons. The van der Waals surface area contributed by atoms with Gasteiger partial charge in [-0.2, -0.15) is 0 Å². The molecule has 0 atom stereocenters. The molecular weight excluding hydrogens is 222 g/mol. The molecule has 0 amide bonds. The van der Waals surface area contributed by atoms with Crippen molar-refractivity contribution in [2.24, 2.45) is 0 Å². The molecule has 18 heavy (non-hydrogen) atoms. The fraction of sp³-hybridized carbons (Fsp3) is 0.125. The molecule has 3 rings (SSSR count). The van der Waals surface area contributed by atoms with E-state index in [4.69, 9.17) is 4.74 Å². The second-order valence-corrected chi connectivity index (χ2v) is 4.22. The molecule has 0 aliphatic rings. The zero-order chi connectivity index (χ0) is 12.2. The summed E-state index contributed by atoms with van der Waals surface area (Å²) >= 11 is 0. The van der Waals surface area contributed by atoms with Crippen LogP contribution in [-0.2, 0) is 6.42 Å². The molecule has 0 aliphatic heterocycles. The topological polar surface area (TPSA) is 25.0 Å². The van der Waals surface area contributed by atoms with Crippen molar-refractivity contribution in [3.63, 3.8) is 0 Å². The maximum atomic E-state index is 5.75. The quantitative estimate of drug-likeness (QED) is 0.735. The van der Waals surface area contributed by atoms with E-state index in [0.717, 1.165) is 23.1 Å². The van der Waals surface area contributed by atoms with Gasteiger partial charge in [0.15, 0.2) is 0 Å². The first-order valence-corrected chi connectivity index (χ1v) is 6.07. The Kier molecular flexibility index (Phi) is 3.01. The Morgan fingerprint density at radius 3 is 2.83 bits per heavy atom. The van der Waals surface area contributed by atoms with Crippen molar-refractivity contribution in [1.29, 1.82) is 0 Å². The molecule has 1 heterocycles. The third kappa shape index (κ3) is 2.38. The number of nitrogens with one attached hydrogen (secondary N) is 1. The maximum Gasteiger partial charge on any atom is 0.120 e. The second kappa shape index (κ2) is 4.96. The Balaban J connectivity index is 1.62. The van der Waals surface area contributed by atoms with Crippen LogP contribution in [0.5, 0.6) is 5.75 Å². The molecule has 0 saturated heterocycles. The standard InChI is InChI=1S/C16H14NO/c1-2-4-13(5-3-1)9-11-18-15-6-7-16-14(12-15)8-10-17-16/h1-7,10,12,17H,9,11H2. The summed E-state index contributed by atoms with van der Waals surface area (Å²) in [6, 6.07) is 19.5. The van der Waals surface area contributed by atoms with Crippen molar-refractivity contribution in [3.05, 3.63) is 66.4 Å². The van der Waals surface area contributed by atoms with E-state index in [2.05, 4.69) is 35.3 Å². The number of benzene rings is 2. The molecule has 1 radical (unpaired) electrons. The Labute approximate surface area is 106 Å². The number of hydrogen-bond acceptors (Lipinski definition) is 1. The molecule has 1 N–H and O–H groups in total. The number of aromatic amines is 1. The molecule has 0 spiro atoms. The normalized spacial score (nSPS) is 10.7. The van der Waals surface area contributed by atoms with E-state index in [1.54, 1.807) is 0 Å². The largest absolute Gasteiger partial charge is 0.493 e. The van der Waals surface area contributed by atoms with Gasteiger partial charge in [0.05, 0.1) is 6.61 Å². The van der Waals surface area contributed by atoms with Gasteiger partial charge in [-0.05, 0) is 23.8 Å². The summed E-state index contributed by atoms with van der Waals surface area (Å²) in [5.41, 5.74) is 2.39. The fourth-order valence-corrected chi connectivity index (χ4v) is 1.98. The average molecular weight is 236 g/mol. The minimum atomic E-state index is 0.694. The van der Waals surface area contributed by atoms with Crippen LogP contribution in [0.15, 0.2) is 54.7 Å². The molecular formula is C16H14NO. The second-order valence-electron chi connectivity index (χ2n) is 4.22. The molecule has 0 bridgehead atoms. The fourth-order valence-electron chi connectivity index (χ4n) is 1.98. The summed E-state index contributed by atoms with van der Waals surface area (Å²) in [4.78, 5) is 3.12. The first-order chi connectivity index (χ1) is 8.92.